The summed E-state index contributed by atoms with van der Waals surface area (Å²) in [5.41, 5.74) is 2.89. The summed E-state index contributed by atoms with van der Waals surface area (Å²) in [5, 5.41) is 19.3. The Hall–Kier alpha value is -2.51. The minimum atomic E-state index is -0.219. The average molecular weight is 414 g/mol. The summed E-state index contributed by atoms with van der Waals surface area (Å²) in [4.78, 5) is 20.8. The molecule has 1 aliphatic rings. The highest BCUT2D eigenvalue weighted by Crippen LogP contribution is 2.30. The van der Waals surface area contributed by atoms with Gasteiger partial charge >= 0.3 is 0 Å². The molecule has 0 aliphatic heterocycles. The monoisotopic (exact) mass is 413 g/mol. The van der Waals surface area contributed by atoms with Gasteiger partial charge in [-0.05, 0) is 62.4 Å². The summed E-state index contributed by atoms with van der Waals surface area (Å²) >= 11 is 0. The number of rotatable bonds is 12. The van der Waals surface area contributed by atoms with Crippen LogP contribution in [0.25, 0.3) is 0 Å². The number of nitrogens with one attached hydrogen (secondary N) is 2. The lowest BCUT2D eigenvalue weighted by Crippen LogP contribution is -2.32. The summed E-state index contributed by atoms with van der Waals surface area (Å²) < 4.78 is 0. The Morgan fingerprint density at radius 3 is 2.70 bits per heavy atom. The summed E-state index contributed by atoms with van der Waals surface area (Å²) in [6.45, 7) is 7.38. The summed E-state index contributed by atoms with van der Waals surface area (Å²) in [6, 6.07) is 5.95. The molecule has 1 saturated carbocycles. The first-order valence-electron chi connectivity index (χ1n) is 10.7. The number of anilines is 1. The van der Waals surface area contributed by atoms with E-state index in [1.807, 2.05) is 37.1 Å². The van der Waals surface area contributed by atoms with E-state index in [0.29, 0.717) is 18.3 Å². The van der Waals surface area contributed by atoms with Crippen molar-refractivity contribution in [1.82, 2.24) is 9.80 Å². The zero-order valence-electron chi connectivity index (χ0n) is 18.4. The van der Waals surface area contributed by atoms with Crippen LogP contribution in [-0.2, 0) is 11.3 Å². The number of hydrogen-bond acceptors (Lipinski definition) is 4. The Morgan fingerprint density at radius 2 is 2.10 bits per heavy atom. The van der Waals surface area contributed by atoms with Crippen molar-refractivity contribution >= 4 is 23.8 Å². The van der Waals surface area contributed by atoms with Crippen LogP contribution < -0.4 is 5.32 Å². The molecule has 1 amide bonds. The fourth-order valence-corrected chi connectivity index (χ4v) is 3.33. The van der Waals surface area contributed by atoms with E-state index in [1.165, 1.54) is 18.9 Å². The SMILES string of the molecule is CCCN(CC1CC1)C(/C=C/C(=O)Nc1ccc(CN(C)CCO)cc1C)=NC=N. The molecule has 30 heavy (non-hydrogen) atoms. The van der Waals surface area contributed by atoms with Gasteiger partial charge in [0, 0.05) is 37.9 Å². The first kappa shape index (κ1) is 23.8. The highest BCUT2D eigenvalue weighted by molar-refractivity contribution is 6.06. The van der Waals surface area contributed by atoms with Gasteiger partial charge in [0.15, 0.2) is 0 Å². The predicted molar refractivity (Wildman–Crippen MR) is 123 cm³/mol. The van der Waals surface area contributed by atoms with Crippen LogP contribution in [0.15, 0.2) is 35.3 Å². The molecule has 2 rings (SSSR count). The van der Waals surface area contributed by atoms with E-state index in [0.717, 1.165) is 49.2 Å². The van der Waals surface area contributed by atoms with Crippen LogP contribution in [0.3, 0.4) is 0 Å². The first-order chi connectivity index (χ1) is 14.5. The molecule has 1 aromatic rings. The van der Waals surface area contributed by atoms with E-state index >= 15 is 0 Å². The number of carbonyl (C=O) groups excluding carboxylic acids is 1. The van der Waals surface area contributed by atoms with E-state index in [9.17, 15) is 4.79 Å². The normalized spacial score (nSPS) is 14.4. The number of benzene rings is 1. The van der Waals surface area contributed by atoms with Gasteiger partial charge in [-0.2, -0.15) is 0 Å². The van der Waals surface area contributed by atoms with E-state index in [2.05, 4.69) is 22.1 Å². The highest BCUT2D eigenvalue weighted by Gasteiger charge is 2.25. The zero-order valence-corrected chi connectivity index (χ0v) is 18.4. The molecular formula is C23H35N5O2. The van der Waals surface area contributed by atoms with Gasteiger partial charge in [0.1, 0.15) is 12.2 Å². The Labute approximate surface area is 180 Å². The van der Waals surface area contributed by atoms with Crippen molar-refractivity contribution in [2.24, 2.45) is 10.9 Å². The number of amides is 1. The van der Waals surface area contributed by atoms with Crippen molar-refractivity contribution in [3.8, 4) is 0 Å². The quantitative estimate of drug-likeness (QED) is 0.279. The van der Waals surface area contributed by atoms with Crippen LogP contribution in [-0.4, -0.2) is 66.3 Å². The fourth-order valence-electron chi connectivity index (χ4n) is 3.33. The van der Waals surface area contributed by atoms with Crippen LogP contribution in [0.1, 0.15) is 37.3 Å². The topological polar surface area (TPSA) is 92.0 Å². The molecule has 0 bridgehead atoms. The molecule has 1 aromatic carbocycles. The van der Waals surface area contributed by atoms with Crippen molar-refractivity contribution in [1.29, 1.82) is 5.41 Å². The molecule has 7 nitrogen and oxygen atoms in total. The third kappa shape index (κ3) is 8.08. The van der Waals surface area contributed by atoms with E-state index in [1.54, 1.807) is 6.08 Å². The van der Waals surface area contributed by atoms with Crippen LogP contribution >= 0.6 is 0 Å². The van der Waals surface area contributed by atoms with Gasteiger partial charge in [0.05, 0.1) is 6.61 Å². The molecule has 1 fully saturated rings. The van der Waals surface area contributed by atoms with Crippen LogP contribution in [0.2, 0.25) is 0 Å². The van der Waals surface area contributed by atoms with E-state index < -0.39 is 0 Å². The molecule has 0 aromatic heterocycles. The maximum Gasteiger partial charge on any atom is 0.248 e. The molecule has 3 N–H and O–H groups in total. The van der Waals surface area contributed by atoms with Crippen molar-refractivity contribution in [3.63, 3.8) is 0 Å². The van der Waals surface area contributed by atoms with Gasteiger partial charge < -0.3 is 15.3 Å². The summed E-state index contributed by atoms with van der Waals surface area (Å²) in [7, 11) is 1.96. The third-order valence-electron chi connectivity index (χ3n) is 5.06. The van der Waals surface area contributed by atoms with Gasteiger partial charge in [-0.3, -0.25) is 15.1 Å². The van der Waals surface area contributed by atoms with Crippen molar-refractivity contribution in [2.45, 2.75) is 39.7 Å². The molecule has 0 saturated heterocycles. The number of aryl methyl sites for hydroxylation is 1. The number of aliphatic hydroxyl groups excluding tert-OH is 1. The predicted octanol–water partition coefficient (Wildman–Crippen LogP) is 3.04. The molecule has 0 spiro atoms. The van der Waals surface area contributed by atoms with Gasteiger partial charge in [-0.1, -0.05) is 19.1 Å². The van der Waals surface area contributed by atoms with Crippen molar-refractivity contribution in [3.05, 3.63) is 41.5 Å². The lowest BCUT2D eigenvalue weighted by atomic mass is 10.1. The second kappa shape index (κ2) is 12.2. The highest BCUT2D eigenvalue weighted by atomic mass is 16.3. The second-order valence-electron chi connectivity index (χ2n) is 7.94. The Bertz CT molecular complexity index is 771. The Balaban J connectivity index is 2.00. The van der Waals surface area contributed by atoms with Gasteiger partial charge in [-0.15, -0.1) is 0 Å². The maximum absolute atomic E-state index is 12.5. The molecule has 0 heterocycles. The molecule has 0 atom stereocenters. The Morgan fingerprint density at radius 1 is 1.33 bits per heavy atom. The number of likely N-dealkylation sites (N-methyl/N-ethyl adjacent to an activating group) is 1. The van der Waals surface area contributed by atoms with Gasteiger partial charge in [-0.25, -0.2) is 4.99 Å². The minimum absolute atomic E-state index is 0.134. The summed E-state index contributed by atoms with van der Waals surface area (Å²) in [6.07, 6.45) is 7.69. The van der Waals surface area contributed by atoms with E-state index in [4.69, 9.17) is 10.5 Å². The number of aliphatic imine (C=N–C) groups is 1. The fraction of sp³-hybridized carbons (Fsp3) is 0.522. The standard InChI is InChI=1S/C23H35N5O2/c1-4-11-28(16-19-5-6-19)22(25-17-24)9-10-23(30)26-21-8-7-20(14-18(21)2)15-27(3)12-13-29/h7-10,14,17,19,24,29H,4-6,11-13,15-16H2,1-3H3,(H,26,30)/b10-9+,24-17?,25-22?. The average Bonchev–Trinajstić information content (AvgIpc) is 3.51. The number of aliphatic hydroxyl groups is 1. The van der Waals surface area contributed by atoms with Crippen molar-refractivity contribution in [2.75, 3.05) is 38.6 Å². The lowest BCUT2D eigenvalue weighted by Gasteiger charge is -2.23. The molecule has 0 unspecified atom stereocenters. The van der Waals surface area contributed by atoms with E-state index in [-0.39, 0.29) is 12.5 Å². The van der Waals surface area contributed by atoms with Gasteiger partial charge in [0.25, 0.3) is 0 Å². The molecule has 164 valence electrons. The molecular weight excluding hydrogens is 378 g/mol. The number of hydrogen-bond donors (Lipinski definition) is 3. The number of carbonyl (C=O) groups is 1. The Kier molecular flexibility index (Phi) is 9.70. The molecule has 7 heteroatoms. The zero-order chi connectivity index (χ0) is 21.9. The smallest absolute Gasteiger partial charge is 0.248 e. The maximum atomic E-state index is 12.5. The largest absolute Gasteiger partial charge is 0.395 e. The van der Waals surface area contributed by atoms with Crippen LogP contribution in [0, 0.1) is 18.3 Å². The van der Waals surface area contributed by atoms with Crippen molar-refractivity contribution < 1.29 is 9.90 Å². The minimum Gasteiger partial charge on any atom is -0.395 e. The summed E-state index contributed by atoms with van der Waals surface area (Å²) in [5.74, 6) is 1.14. The molecule has 1 aliphatic carbocycles. The molecule has 0 radical (unpaired) electrons. The number of nitrogens with zero attached hydrogens (tertiary/aromatic N) is 3. The lowest BCUT2D eigenvalue weighted by molar-refractivity contribution is -0.111. The first-order valence-corrected chi connectivity index (χ1v) is 10.7. The number of amidine groups is 1. The van der Waals surface area contributed by atoms with Crippen LogP contribution in [0.4, 0.5) is 5.69 Å². The van der Waals surface area contributed by atoms with Gasteiger partial charge in [0.2, 0.25) is 5.91 Å². The second-order valence-corrected chi connectivity index (χ2v) is 7.94. The van der Waals surface area contributed by atoms with Crippen LogP contribution in [0.5, 0.6) is 0 Å². The third-order valence-corrected chi connectivity index (χ3v) is 5.06.